The third-order valence-electron chi connectivity index (χ3n) is 11.0. The molecule has 2 aliphatic heterocycles. The average molecular weight is 851 g/mol. The van der Waals surface area contributed by atoms with E-state index in [0.29, 0.717) is 80.2 Å². The number of fused-ring (bicyclic) bond motifs is 1. The Balaban J connectivity index is 0.753. The molecule has 316 valence electrons. The maximum Gasteiger partial charge on any atom is 0.328 e. The Hall–Kier alpha value is -4.65. The summed E-state index contributed by atoms with van der Waals surface area (Å²) in [6, 6.07) is 13.9. The van der Waals surface area contributed by atoms with Crippen LogP contribution in [0.25, 0.3) is 11.0 Å². The lowest BCUT2D eigenvalue weighted by molar-refractivity contribution is -0.120. The van der Waals surface area contributed by atoms with Crippen molar-refractivity contribution >= 4 is 67.6 Å². The highest BCUT2D eigenvalue weighted by Crippen LogP contribution is 2.32. The predicted octanol–water partition coefficient (Wildman–Crippen LogP) is 5.30. The molecule has 18 heteroatoms. The molecule has 16 nitrogen and oxygen atoms in total. The second-order valence-corrected chi connectivity index (χ2v) is 17.3. The van der Waals surface area contributed by atoms with Crippen molar-refractivity contribution in [2.24, 2.45) is 5.92 Å². The van der Waals surface area contributed by atoms with Crippen LogP contribution in [0, 0.1) is 12.8 Å². The Morgan fingerprint density at radius 2 is 1.56 bits per heavy atom. The van der Waals surface area contributed by atoms with Crippen molar-refractivity contribution in [2.45, 2.75) is 62.8 Å². The Morgan fingerprint density at radius 1 is 0.864 bits per heavy atom. The first kappa shape index (κ1) is 42.5. The van der Waals surface area contributed by atoms with E-state index >= 15 is 0 Å². The number of carbonyl (C=O) groups excluding carboxylic acids is 2. The van der Waals surface area contributed by atoms with Gasteiger partial charge in [-0.2, -0.15) is 4.98 Å². The quantitative estimate of drug-likeness (QED) is 0.110. The number of nitrogens with one attached hydrogen (secondary N) is 3. The van der Waals surface area contributed by atoms with Gasteiger partial charge in [-0.3, -0.25) is 24.4 Å². The summed E-state index contributed by atoms with van der Waals surface area (Å²) in [4.78, 5) is 49.7. The Bertz CT molecular complexity index is 2280. The zero-order chi connectivity index (χ0) is 41.4. The summed E-state index contributed by atoms with van der Waals surface area (Å²) in [6.07, 6.45) is 7.84. The Kier molecular flexibility index (Phi) is 14.1. The highest BCUT2D eigenvalue weighted by molar-refractivity contribution is 7.89. The van der Waals surface area contributed by atoms with Crippen LogP contribution < -0.4 is 30.7 Å². The van der Waals surface area contributed by atoms with Gasteiger partial charge in [0.15, 0.2) is 0 Å². The van der Waals surface area contributed by atoms with Gasteiger partial charge in [-0.1, -0.05) is 24.4 Å². The number of halogens is 1. The van der Waals surface area contributed by atoms with Crippen molar-refractivity contribution in [1.82, 2.24) is 24.6 Å². The number of urea groups is 1. The normalized spacial score (nSPS) is 16.9. The van der Waals surface area contributed by atoms with Gasteiger partial charge in [-0.25, -0.2) is 22.9 Å². The van der Waals surface area contributed by atoms with Crippen LogP contribution in [0.3, 0.4) is 0 Å². The molecule has 2 saturated heterocycles. The third kappa shape index (κ3) is 10.8. The van der Waals surface area contributed by atoms with E-state index in [9.17, 15) is 22.8 Å². The van der Waals surface area contributed by atoms with Gasteiger partial charge in [0.05, 0.1) is 37.9 Å². The van der Waals surface area contributed by atoms with E-state index < -0.39 is 10.0 Å². The summed E-state index contributed by atoms with van der Waals surface area (Å²) in [7, 11) is -3.78. The number of pyridine rings is 1. The van der Waals surface area contributed by atoms with Gasteiger partial charge in [0.25, 0.3) is 5.56 Å². The zero-order valence-corrected chi connectivity index (χ0v) is 34.7. The lowest BCUT2D eigenvalue weighted by Gasteiger charge is -2.34. The van der Waals surface area contributed by atoms with Crippen LogP contribution >= 0.6 is 11.6 Å². The smallest absolute Gasteiger partial charge is 0.328 e. The van der Waals surface area contributed by atoms with Gasteiger partial charge in [0.2, 0.25) is 21.9 Å². The second kappa shape index (κ2) is 19.6. The lowest BCUT2D eigenvalue weighted by atomic mass is 9.97. The molecule has 3 fully saturated rings. The minimum atomic E-state index is -3.78. The molecule has 3 amide bonds. The number of imide groups is 1. The molecular formula is C41H51ClN8O8S. The van der Waals surface area contributed by atoms with Crippen LogP contribution in [0.5, 0.6) is 0 Å². The number of piperidine rings is 1. The Labute approximate surface area is 348 Å². The zero-order valence-electron chi connectivity index (χ0n) is 33.2. The molecule has 4 aromatic rings. The molecule has 0 radical (unpaired) electrons. The number of aryl methyl sites for hydroxylation is 1. The van der Waals surface area contributed by atoms with Crippen molar-refractivity contribution in [1.29, 1.82) is 0 Å². The fourth-order valence-electron chi connectivity index (χ4n) is 7.74. The van der Waals surface area contributed by atoms with Crippen LogP contribution in [-0.2, 0) is 29.0 Å². The van der Waals surface area contributed by atoms with Crippen LogP contribution in [0.1, 0.15) is 56.6 Å². The first-order chi connectivity index (χ1) is 28.6. The number of hydrogen-bond acceptors (Lipinski definition) is 12. The number of benzene rings is 2. The number of anilines is 4. The van der Waals surface area contributed by atoms with Crippen molar-refractivity contribution in [3.05, 3.63) is 75.7 Å². The second-order valence-electron chi connectivity index (χ2n) is 15.1. The van der Waals surface area contributed by atoms with E-state index in [-0.39, 0.29) is 46.6 Å². The number of ether oxygens (including phenoxy) is 3. The SMILES string of the molecule is Cc1cc(S(=O)(=O)NCCOCCOCCOCC2CCN(c3ccc(N4CCC(=O)NC4=O)cc3)CC2)ccc1Nc1ncc2cc(Cl)c(=O)n(C3CCCC3)c2n1. The minimum Gasteiger partial charge on any atom is -0.379 e. The van der Waals surface area contributed by atoms with Gasteiger partial charge in [-0.05, 0) is 92.6 Å². The molecule has 3 aliphatic rings. The van der Waals surface area contributed by atoms with E-state index in [0.717, 1.165) is 63.0 Å². The molecule has 59 heavy (non-hydrogen) atoms. The molecule has 3 N–H and O–H groups in total. The standard InChI is InChI=1S/C41H51ClN8O8S/c1-28-24-34(10-11-36(28)45-40-43-26-30-25-35(42)39(52)50(38(30)47-40)33-4-2-3-5-33)59(54,55)44-15-19-56-20-21-57-22-23-58-27-29-12-16-48(17-13-29)31-6-8-32(9-7-31)49-18-14-37(51)46-41(49)53/h6-11,24-26,29,33,44H,2-5,12-23,27H2,1H3,(H,43,45,47)(H,46,51,53). The fourth-order valence-corrected chi connectivity index (χ4v) is 9.05. The molecule has 2 aromatic carbocycles. The molecule has 0 unspecified atom stereocenters. The Morgan fingerprint density at radius 3 is 2.27 bits per heavy atom. The number of amides is 3. The lowest BCUT2D eigenvalue weighted by Crippen LogP contribution is -2.49. The van der Waals surface area contributed by atoms with Crippen molar-refractivity contribution in [3.63, 3.8) is 0 Å². The molecule has 2 aromatic heterocycles. The number of rotatable bonds is 18. The minimum absolute atomic E-state index is 0.0377. The number of sulfonamides is 1. The van der Waals surface area contributed by atoms with Crippen molar-refractivity contribution in [3.8, 4) is 0 Å². The van der Waals surface area contributed by atoms with E-state index in [2.05, 4.69) is 30.2 Å². The maximum atomic E-state index is 13.0. The molecule has 0 spiro atoms. The van der Waals surface area contributed by atoms with Gasteiger partial charge in [0, 0.05) is 73.9 Å². The molecule has 0 bridgehead atoms. The predicted molar refractivity (Wildman–Crippen MR) is 225 cm³/mol. The summed E-state index contributed by atoms with van der Waals surface area (Å²) in [5, 5.41) is 6.35. The maximum absolute atomic E-state index is 13.0. The molecular weight excluding hydrogens is 800 g/mol. The number of hydrogen-bond donors (Lipinski definition) is 3. The van der Waals surface area contributed by atoms with Crippen LogP contribution in [0.4, 0.5) is 27.8 Å². The van der Waals surface area contributed by atoms with Gasteiger partial charge < -0.3 is 24.4 Å². The molecule has 0 atom stereocenters. The molecule has 4 heterocycles. The molecule has 7 rings (SSSR count). The van der Waals surface area contributed by atoms with Crippen LogP contribution in [-0.4, -0.2) is 101 Å². The van der Waals surface area contributed by atoms with Crippen molar-refractivity contribution < 1.29 is 32.2 Å². The first-order valence-corrected chi connectivity index (χ1v) is 22.1. The fraction of sp³-hybridized carbons (Fsp3) is 0.488. The monoisotopic (exact) mass is 850 g/mol. The van der Waals surface area contributed by atoms with E-state index in [1.807, 2.05) is 24.3 Å². The molecule has 1 saturated carbocycles. The summed E-state index contributed by atoms with van der Waals surface area (Å²) in [5.74, 6) is 0.520. The number of carbonyl (C=O) groups is 2. The highest BCUT2D eigenvalue weighted by atomic mass is 35.5. The topological polar surface area (TPSA) is 186 Å². The summed E-state index contributed by atoms with van der Waals surface area (Å²) in [6.45, 7) is 6.61. The van der Waals surface area contributed by atoms with Crippen LogP contribution in [0.2, 0.25) is 5.02 Å². The largest absolute Gasteiger partial charge is 0.379 e. The summed E-state index contributed by atoms with van der Waals surface area (Å²) < 4.78 is 47.4. The van der Waals surface area contributed by atoms with Gasteiger partial charge in [-0.15, -0.1) is 0 Å². The summed E-state index contributed by atoms with van der Waals surface area (Å²) >= 11 is 6.26. The highest BCUT2D eigenvalue weighted by Gasteiger charge is 2.26. The van der Waals surface area contributed by atoms with Crippen molar-refractivity contribution in [2.75, 3.05) is 80.9 Å². The van der Waals surface area contributed by atoms with Gasteiger partial charge >= 0.3 is 6.03 Å². The van der Waals surface area contributed by atoms with E-state index in [1.54, 1.807) is 40.8 Å². The average Bonchev–Trinajstić information content (AvgIpc) is 3.76. The molecule has 1 aliphatic carbocycles. The van der Waals surface area contributed by atoms with Gasteiger partial charge in [0.1, 0.15) is 10.7 Å². The van der Waals surface area contributed by atoms with E-state index in [4.69, 9.17) is 25.8 Å². The summed E-state index contributed by atoms with van der Waals surface area (Å²) in [5.41, 5.74) is 3.45. The van der Waals surface area contributed by atoms with E-state index in [1.165, 1.54) is 6.07 Å². The number of nitrogens with zero attached hydrogens (tertiary/aromatic N) is 5. The number of aromatic nitrogens is 3. The third-order valence-corrected chi connectivity index (χ3v) is 12.7. The first-order valence-electron chi connectivity index (χ1n) is 20.2. The van der Waals surface area contributed by atoms with Crippen LogP contribution in [0.15, 0.2) is 64.4 Å².